The molecule has 26 heavy (non-hydrogen) atoms. The maximum Gasteiger partial charge on any atom is 0.322 e. The first-order chi connectivity index (χ1) is 11.9. The molecule has 8 heteroatoms. The Bertz CT molecular complexity index is 524. The molecule has 0 aromatic carbocycles. The van der Waals surface area contributed by atoms with Gasteiger partial charge >= 0.3 is 11.9 Å². The Hall–Kier alpha value is -1.41. The van der Waals surface area contributed by atoms with Crippen molar-refractivity contribution in [3.63, 3.8) is 0 Å². The molecule has 7 nitrogen and oxygen atoms in total. The summed E-state index contributed by atoms with van der Waals surface area (Å²) in [6, 6.07) is -0.680. The molecule has 0 aliphatic carbocycles. The summed E-state index contributed by atoms with van der Waals surface area (Å²) in [4.78, 5) is 36.8. The van der Waals surface area contributed by atoms with E-state index in [1.807, 2.05) is 6.92 Å². The number of amides is 1. The zero-order valence-electron chi connectivity index (χ0n) is 17.2. The average molecular weight is 388 g/mol. The molecule has 1 aliphatic rings. The van der Waals surface area contributed by atoms with Gasteiger partial charge in [0.25, 0.3) is 0 Å². The van der Waals surface area contributed by atoms with Gasteiger partial charge in [-0.15, -0.1) is 0 Å². The van der Waals surface area contributed by atoms with Gasteiger partial charge in [-0.1, -0.05) is 20.8 Å². The molecule has 0 aromatic heterocycles. The van der Waals surface area contributed by atoms with E-state index in [-0.39, 0.29) is 24.2 Å². The molecule has 1 fully saturated rings. The summed E-state index contributed by atoms with van der Waals surface area (Å²) < 4.78 is 16.4. The number of carbonyl (C=O) groups excluding carboxylic acids is 3. The third-order valence-electron chi connectivity index (χ3n) is 5.23. The lowest BCUT2D eigenvalue weighted by atomic mass is 9.78. The second kappa shape index (κ2) is 8.52. The normalized spacial score (nSPS) is 21.7. The molecular formula is C18H33NO6Si. The van der Waals surface area contributed by atoms with Crippen molar-refractivity contribution in [2.45, 2.75) is 71.8 Å². The SMILES string of the molecule is CCOC(=O)C(C(=O)OCC)C1NC(=O)C1C(C)O[Si](C)(C)C(C)(C)C. The molecule has 1 N–H and O–H groups in total. The minimum absolute atomic E-state index is 0.0152. The lowest BCUT2D eigenvalue weighted by Crippen LogP contribution is -2.68. The monoisotopic (exact) mass is 387 g/mol. The van der Waals surface area contributed by atoms with Gasteiger partial charge in [-0.2, -0.15) is 0 Å². The quantitative estimate of drug-likeness (QED) is 0.297. The smallest absolute Gasteiger partial charge is 0.322 e. The highest BCUT2D eigenvalue weighted by molar-refractivity contribution is 6.74. The van der Waals surface area contributed by atoms with Crippen molar-refractivity contribution in [2.24, 2.45) is 11.8 Å². The van der Waals surface area contributed by atoms with E-state index in [2.05, 4.69) is 39.2 Å². The Kier molecular flexibility index (Phi) is 7.41. The Morgan fingerprint density at radius 1 is 1.12 bits per heavy atom. The minimum atomic E-state index is -2.10. The van der Waals surface area contributed by atoms with Crippen molar-refractivity contribution in [3.8, 4) is 0 Å². The lowest BCUT2D eigenvalue weighted by molar-refractivity contribution is -0.168. The van der Waals surface area contributed by atoms with Crippen LogP contribution in [-0.2, 0) is 28.3 Å². The molecule has 0 spiro atoms. The Balaban J connectivity index is 3.01. The molecule has 1 heterocycles. The van der Waals surface area contributed by atoms with Gasteiger partial charge < -0.3 is 19.2 Å². The summed E-state index contributed by atoms with van der Waals surface area (Å²) in [5, 5.41) is 2.66. The average Bonchev–Trinajstić information content (AvgIpc) is 2.45. The predicted octanol–water partition coefficient (Wildman–Crippen LogP) is 2.25. The van der Waals surface area contributed by atoms with Crippen LogP contribution in [0.3, 0.4) is 0 Å². The molecular weight excluding hydrogens is 354 g/mol. The van der Waals surface area contributed by atoms with Crippen molar-refractivity contribution in [1.29, 1.82) is 0 Å². The van der Waals surface area contributed by atoms with Gasteiger partial charge in [0, 0.05) is 0 Å². The lowest BCUT2D eigenvalue weighted by Gasteiger charge is -2.46. The van der Waals surface area contributed by atoms with E-state index in [9.17, 15) is 14.4 Å². The van der Waals surface area contributed by atoms with Gasteiger partial charge in [0.2, 0.25) is 5.91 Å². The van der Waals surface area contributed by atoms with Gasteiger partial charge in [-0.05, 0) is 38.9 Å². The predicted molar refractivity (Wildman–Crippen MR) is 99.9 cm³/mol. The van der Waals surface area contributed by atoms with E-state index in [1.54, 1.807) is 13.8 Å². The highest BCUT2D eigenvalue weighted by Crippen LogP contribution is 2.39. The van der Waals surface area contributed by atoms with Crippen molar-refractivity contribution in [2.75, 3.05) is 13.2 Å². The van der Waals surface area contributed by atoms with Crippen molar-refractivity contribution in [1.82, 2.24) is 5.32 Å². The van der Waals surface area contributed by atoms with Crippen LogP contribution < -0.4 is 5.32 Å². The van der Waals surface area contributed by atoms with Gasteiger partial charge in [0.1, 0.15) is 0 Å². The third-order valence-corrected chi connectivity index (χ3v) is 9.80. The van der Waals surface area contributed by atoms with Crippen LogP contribution in [0, 0.1) is 11.8 Å². The molecule has 1 saturated heterocycles. The molecule has 1 aliphatic heterocycles. The third kappa shape index (κ3) is 4.85. The van der Waals surface area contributed by atoms with Crippen molar-refractivity contribution >= 4 is 26.2 Å². The van der Waals surface area contributed by atoms with Crippen LogP contribution in [0.5, 0.6) is 0 Å². The zero-order chi connectivity index (χ0) is 20.3. The number of esters is 2. The Morgan fingerprint density at radius 3 is 1.92 bits per heavy atom. The number of nitrogens with one attached hydrogen (secondary N) is 1. The van der Waals surface area contributed by atoms with E-state index in [1.165, 1.54) is 0 Å². The fourth-order valence-corrected chi connectivity index (χ4v) is 4.21. The Labute approximate surface area is 157 Å². The van der Waals surface area contributed by atoms with Gasteiger partial charge in [0.15, 0.2) is 14.2 Å². The first-order valence-corrected chi connectivity index (χ1v) is 12.1. The van der Waals surface area contributed by atoms with Gasteiger partial charge in [0.05, 0.1) is 31.3 Å². The van der Waals surface area contributed by atoms with Crippen molar-refractivity contribution in [3.05, 3.63) is 0 Å². The van der Waals surface area contributed by atoms with Crippen LogP contribution >= 0.6 is 0 Å². The van der Waals surface area contributed by atoms with E-state index < -0.39 is 44.2 Å². The molecule has 150 valence electrons. The fourth-order valence-electron chi connectivity index (χ4n) is 2.78. The van der Waals surface area contributed by atoms with Crippen LogP contribution in [0.2, 0.25) is 18.1 Å². The molecule has 3 atom stereocenters. The van der Waals surface area contributed by atoms with Crippen LogP contribution in [0.25, 0.3) is 0 Å². The standard InChI is InChI=1S/C18H33NO6Si/c1-9-23-16(21)13(17(22)24-10-2)14-12(15(20)19-14)11(3)25-26(7,8)18(4,5)6/h11-14H,9-10H2,1-8H3,(H,19,20). The molecule has 0 aromatic rings. The summed E-state index contributed by atoms with van der Waals surface area (Å²) in [5.74, 6) is -3.35. The first-order valence-electron chi connectivity index (χ1n) is 9.18. The number of hydrogen-bond donors (Lipinski definition) is 1. The zero-order valence-corrected chi connectivity index (χ0v) is 18.2. The molecule has 0 bridgehead atoms. The van der Waals surface area contributed by atoms with Crippen LogP contribution in [0.15, 0.2) is 0 Å². The van der Waals surface area contributed by atoms with E-state index in [0.29, 0.717) is 0 Å². The highest BCUT2D eigenvalue weighted by Gasteiger charge is 2.54. The summed E-state index contributed by atoms with van der Waals surface area (Å²) in [6.45, 7) is 16.0. The molecule has 3 unspecified atom stereocenters. The molecule has 0 saturated carbocycles. The van der Waals surface area contributed by atoms with E-state index in [4.69, 9.17) is 13.9 Å². The number of rotatable bonds is 8. The summed E-state index contributed by atoms with van der Waals surface area (Å²) in [7, 11) is -2.10. The Morgan fingerprint density at radius 2 is 1.58 bits per heavy atom. The molecule has 0 radical (unpaired) electrons. The largest absolute Gasteiger partial charge is 0.465 e. The maximum absolute atomic E-state index is 12.3. The summed E-state index contributed by atoms with van der Waals surface area (Å²) in [6.07, 6.45) is -0.416. The number of hydrogen-bond acceptors (Lipinski definition) is 6. The van der Waals surface area contributed by atoms with Crippen LogP contribution in [-0.4, -0.2) is 51.5 Å². The van der Waals surface area contributed by atoms with E-state index in [0.717, 1.165) is 0 Å². The second-order valence-corrected chi connectivity index (χ2v) is 12.9. The number of carbonyl (C=O) groups is 3. The molecule has 1 rings (SSSR count). The molecule has 1 amide bonds. The summed E-state index contributed by atoms with van der Waals surface area (Å²) >= 11 is 0. The summed E-state index contributed by atoms with van der Waals surface area (Å²) in [5.41, 5.74) is 0. The minimum Gasteiger partial charge on any atom is -0.465 e. The van der Waals surface area contributed by atoms with Crippen LogP contribution in [0.4, 0.5) is 0 Å². The fraction of sp³-hybridized carbons (Fsp3) is 0.833. The second-order valence-electron chi connectivity index (χ2n) is 8.13. The van der Waals surface area contributed by atoms with Crippen molar-refractivity contribution < 1.29 is 28.3 Å². The van der Waals surface area contributed by atoms with Gasteiger partial charge in [-0.3, -0.25) is 14.4 Å². The maximum atomic E-state index is 12.3. The number of ether oxygens (including phenoxy) is 2. The van der Waals surface area contributed by atoms with Crippen LogP contribution in [0.1, 0.15) is 41.5 Å². The highest BCUT2D eigenvalue weighted by atomic mass is 28.4. The first kappa shape index (κ1) is 22.6. The van der Waals surface area contributed by atoms with Gasteiger partial charge in [-0.25, -0.2) is 0 Å². The van der Waals surface area contributed by atoms with E-state index >= 15 is 0 Å². The topological polar surface area (TPSA) is 90.9 Å². The number of β-lactam (4-membered cyclic amide) rings is 1.